The van der Waals surface area contributed by atoms with Crippen molar-refractivity contribution in [3.63, 3.8) is 0 Å². The van der Waals surface area contributed by atoms with Crippen LogP contribution in [0.5, 0.6) is 0 Å². The summed E-state index contributed by atoms with van der Waals surface area (Å²) in [5.41, 5.74) is 1.36. The Hall–Kier alpha value is -1.49. The first-order valence-electron chi connectivity index (χ1n) is 5.39. The summed E-state index contributed by atoms with van der Waals surface area (Å²) in [4.78, 5) is 15.2. The van der Waals surface area contributed by atoms with Crippen molar-refractivity contribution in [1.29, 1.82) is 0 Å². The van der Waals surface area contributed by atoms with Crippen LogP contribution in [0.15, 0.2) is 29.8 Å². The van der Waals surface area contributed by atoms with Crippen LogP contribution in [0.2, 0.25) is 1.41 Å². The minimum atomic E-state index is 0.610. The van der Waals surface area contributed by atoms with Gasteiger partial charge in [-0.15, -0.1) is 4.91 Å². The maximum Gasteiger partial charge on any atom is 0.183 e. The van der Waals surface area contributed by atoms with Gasteiger partial charge in [-0.2, -0.15) is 0 Å². The van der Waals surface area contributed by atoms with Crippen molar-refractivity contribution in [3.05, 3.63) is 35.0 Å². The number of nitrogens with two attached hydrogens (primary N) is 1. The number of nitroso groups, excluding NO2 is 1. The van der Waals surface area contributed by atoms with E-state index in [2.05, 4.69) is 23.0 Å². The van der Waals surface area contributed by atoms with Gasteiger partial charge in [-0.3, -0.25) is 15.7 Å². The van der Waals surface area contributed by atoms with Crippen molar-refractivity contribution in [2.75, 3.05) is 13.6 Å². The number of hydrogen-bond donors (Lipinski definition) is 1. The molecule has 5 heteroatoms. The van der Waals surface area contributed by atoms with Crippen LogP contribution in [0.4, 0.5) is 0 Å². The van der Waals surface area contributed by atoms with Crippen LogP contribution >= 0.6 is 0 Å². The molecule has 1 aromatic heterocycles. The Morgan fingerprint density at radius 1 is 1.80 bits per heavy atom. The lowest BCUT2D eigenvalue weighted by atomic mass is 10.1. The standard InChI is InChI=1S/C10H14N2.H2N2O/c1-12-7-3-5-10(12)9-4-2-6-11-8-9;1-2-3/h2,4,6,8,10H,3,5,7H2,1H3;(H2,1,3)/t10-;/m0./s1/i/hD. The average Bonchev–Trinajstić information content (AvgIpc) is 2.77. The Balaban J connectivity index is 0.000000280. The van der Waals surface area contributed by atoms with Gasteiger partial charge in [-0.1, -0.05) is 6.07 Å². The molecule has 5 nitrogen and oxygen atoms in total. The molecule has 1 aliphatic rings. The highest BCUT2D eigenvalue weighted by molar-refractivity contribution is 5.14. The fraction of sp³-hybridized carbons (Fsp3) is 0.500. The zero-order chi connectivity index (χ0) is 11.8. The Morgan fingerprint density at radius 2 is 2.60 bits per heavy atom. The smallest absolute Gasteiger partial charge is 0.183 e. The molecule has 0 radical (unpaired) electrons. The Labute approximate surface area is 90.7 Å². The molecule has 0 bridgehead atoms. The molecule has 0 saturated carbocycles. The van der Waals surface area contributed by atoms with Gasteiger partial charge >= 0.3 is 0 Å². The minimum Gasteiger partial charge on any atom is -0.299 e. The molecule has 1 aliphatic heterocycles. The zero-order valence-electron chi connectivity index (χ0n) is 9.76. The monoisotopic (exact) mass is 209 g/mol. The zero-order valence-corrected chi connectivity index (χ0v) is 8.76. The average molecular weight is 209 g/mol. The third kappa shape index (κ3) is 3.28. The topological polar surface area (TPSA) is 71.6 Å². The van der Waals surface area contributed by atoms with E-state index >= 15 is 0 Å². The lowest BCUT2D eigenvalue weighted by Gasteiger charge is -2.18. The summed E-state index contributed by atoms with van der Waals surface area (Å²) >= 11 is 0. The van der Waals surface area contributed by atoms with E-state index in [1.54, 1.807) is 0 Å². The SMILES string of the molecule is CN1CCC[C@H]1c1cccnc1.[2H]NN=O. The number of rotatable bonds is 2. The second-order valence-corrected chi connectivity index (χ2v) is 3.52. The van der Waals surface area contributed by atoms with Crippen LogP contribution in [0.25, 0.3) is 0 Å². The molecule has 2 heterocycles. The highest BCUT2D eigenvalue weighted by Crippen LogP contribution is 2.29. The molecule has 1 aromatic rings. The molecule has 0 aromatic carbocycles. The van der Waals surface area contributed by atoms with Crippen molar-refractivity contribution in [2.24, 2.45) is 11.1 Å². The predicted molar refractivity (Wildman–Crippen MR) is 58.8 cm³/mol. The lowest BCUT2D eigenvalue weighted by molar-refractivity contribution is 0.317. The van der Waals surface area contributed by atoms with Crippen LogP contribution in [0.3, 0.4) is 0 Å². The van der Waals surface area contributed by atoms with E-state index in [0.717, 1.165) is 0 Å². The quantitative estimate of drug-likeness (QED) is 0.455. The van der Waals surface area contributed by atoms with Crippen LogP contribution in [0.1, 0.15) is 24.4 Å². The Bertz CT molecular complexity index is 309. The van der Waals surface area contributed by atoms with E-state index in [1.165, 1.54) is 30.8 Å². The molecular weight excluding hydrogens is 192 g/mol. The molecule has 1 saturated heterocycles. The van der Waals surface area contributed by atoms with Crippen molar-refractivity contribution < 1.29 is 1.41 Å². The molecular formula is C10H16N4O. The van der Waals surface area contributed by atoms with E-state index < -0.39 is 0 Å². The van der Waals surface area contributed by atoms with Gasteiger partial charge in [0.25, 0.3) is 0 Å². The van der Waals surface area contributed by atoms with Gasteiger partial charge in [-0.25, -0.2) is 0 Å². The van der Waals surface area contributed by atoms with Crippen LogP contribution in [0, 0.1) is 4.91 Å². The van der Waals surface area contributed by atoms with E-state index in [9.17, 15) is 0 Å². The van der Waals surface area contributed by atoms with Crippen LogP contribution in [-0.2, 0) is 0 Å². The lowest BCUT2D eigenvalue weighted by Crippen LogP contribution is -2.17. The third-order valence-electron chi connectivity index (χ3n) is 2.59. The maximum atomic E-state index is 8.62. The number of pyridine rings is 1. The van der Waals surface area contributed by atoms with E-state index in [4.69, 9.17) is 6.32 Å². The molecule has 2 rings (SSSR count). The molecule has 1 atom stereocenters. The first-order chi connectivity index (χ1) is 7.79. The Kier molecular flexibility index (Phi) is 4.07. The molecule has 15 heavy (non-hydrogen) atoms. The summed E-state index contributed by atoms with van der Waals surface area (Å²) in [6.45, 7) is 1.22. The van der Waals surface area contributed by atoms with Gasteiger partial charge in [0.1, 0.15) is 0 Å². The second kappa shape index (κ2) is 6.08. The summed E-state index contributed by atoms with van der Waals surface area (Å²) < 4.78 is 5.72. The third-order valence-corrected chi connectivity index (χ3v) is 2.59. The van der Waals surface area contributed by atoms with E-state index in [-0.39, 0.29) is 0 Å². The number of likely N-dealkylation sites (tertiary alicyclic amines) is 1. The second-order valence-electron chi connectivity index (χ2n) is 3.52. The fourth-order valence-electron chi connectivity index (χ4n) is 1.90. The van der Waals surface area contributed by atoms with E-state index in [0.29, 0.717) is 6.04 Å². The van der Waals surface area contributed by atoms with E-state index in [1.807, 2.05) is 23.7 Å². The number of hydrogen-bond acceptors (Lipinski definition) is 4. The van der Waals surface area contributed by atoms with Crippen molar-refractivity contribution >= 4 is 0 Å². The molecule has 2 N–H and O–H groups in total. The summed E-state index contributed by atoms with van der Waals surface area (Å²) in [5.74, 6) is 1.25. The summed E-state index contributed by atoms with van der Waals surface area (Å²) in [5, 5.41) is 1.90. The van der Waals surface area contributed by atoms with Crippen molar-refractivity contribution in [2.45, 2.75) is 18.9 Å². The van der Waals surface area contributed by atoms with Gasteiger partial charge in [0, 0.05) is 23.7 Å². The maximum absolute atomic E-state index is 8.62. The predicted octanol–water partition coefficient (Wildman–Crippen LogP) is 1.47. The van der Waals surface area contributed by atoms with Gasteiger partial charge in [0.05, 0.1) is 0 Å². The number of aromatic nitrogens is 1. The highest BCUT2D eigenvalue weighted by atomic mass is 16.3. The molecule has 0 spiro atoms. The molecule has 1 fully saturated rings. The first-order valence-corrected chi connectivity index (χ1v) is 4.89. The van der Waals surface area contributed by atoms with Crippen LogP contribution < -0.4 is 5.84 Å². The van der Waals surface area contributed by atoms with Crippen molar-refractivity contribution in [1.82, 2.24) is 9.88 Å². The minimum absolute atomic E-state index is 0.610. The largest absolute Gasteiger partial charge is 0.299 e. The summed E-state index contributed by atoms with van der Waals surface area (Å²) in [6.07, 6.45) is 6.41. The summed E-state index contributed by atoms with van der Waals surface area (Å²) in [6, 6.07) is 4.79. The molecule has 0 aliphatic carbocycles. The molecule has 82 valence electrons. The Morgan fingerprint density at radius 3 is 3.07 bits per heavy atom. The summed E-state index contributed by atoms with van der Waals surface area (Å²) in [7, 11) is 2.19. The first kappa shape index (κ1) is 10.0. The normalized spacial score (nSPS) is 21.1. The van der Waals surface area contributed by atoms with Gasteiger partial charge in [0.2, 0.25) is 0 Å². The van der Waals surface area contributed by atoms with Gasteiger partial charge in [0.15, 0.2) is 1.41 Å². The fourth-order valence-corrected chi connectivity index (χ4v) is 1.90. The molecule has 0 amide bonds. The number of nitrogens with zero attached hydrogens (tertiary/aromatic N) is 3. The van der Waals surface area contributed by atoms with Crippen LogP contribution in [-0.4, -0.2) is 23.5 Å². The van der Waals surface area contributed by atoms with Crippen molar-refractivity contribution in [3.8, 4) is 0 Å². The molecule has 0 unspecified atom stereocenters. The highest BCUT2D eigenvalue weighted by Gasteiger charge is 2.21. The van der Waals surface area contributed by atoms with Gasteiger partial charge in [-0.05, 0) is 38.1 Å². The van der Waals surface area contributed by atoms with Gasteiger partial charge < -0.3 is 0 Å².